The van der Waals surface area contributed by atoms with Crippen molar-refractivity contribution in [2.24, 2.45) is 11.8 Å². The molecule has 24 heavy (non-hydrogen) atoms. The number of allylic oxidation sites excluding steroid dienone is 3. The van der Waals surface area contributed by atoms with Crippen molar-refractivity contribution in [1.29, 1.82) is 0 Å². The molecular formula is C19H22BrF2NO. The van der Waals surface area contributed by atoms with Crippen molar-refractivity contribution < 1.29 is 13.6 Å². The molecule has 0 radical (unpaired) electrons. The molecule has 130 valence electrons. The van der Waals surface area contributed by atoms with Crippen LogP contribution in [0.1, 0.15) is 32.3 Å². The van der Waals surface area contributed by atoms with E-state index >= 15 is 0 Å². The second kappa shape index (κ2) is 7.60. The number of amides is 1. The fraction of sp³-hybridized carbons (Fsp3) is 0.421. The number of hydrogen-bond donors (Lipinski definition) is 1. The molecule has 1 fully saturated rings. The van der Waals surface area contributed by atoms with Crippen molar-refractivity contribution in [3.8, 4) is 0 Å². The Kier molecular flexibility index (Phi) is 5.97. The molecule has 2 rings (SSSR count). The Morgan fingerprint density at radius 1 is 1.33 bits per heavy atom. The van der Waals surface area contributed by atoms with E-state index in [9.17, 15) is 13.6 Å². The van der Waals surface area contributed by atoms with Gasteiger partial charge in [-0.1, -0.05) is 54.1 Å². The van der Waals surface area contributed by atoms with Crippen molar-refractivity contribution in [2.45, 2.75) is 32.6 Å². The zero-order chi connectivity index (χ0) is 17.9. The Morgan fingerprint density at radius 3 is 2.54 bits per heavy atom. The van der Waals surface area contributed by atoms with Gasteiger partial charge in [0.2, 0.25) is 5.91 Å². The van der Waals surface area contributed by atoms with Crippen LogP contribution in [0.15, 0.2) is 52.5 Å². The molecule has 2 atom stereocenters. The molecule has 1 aliphatic rings. The van der Waals surface area contributed by atoms with Gasteiger partial charge in [0.15, 0.2) is 0 Å². The molecule has 1 aromatic rings. The lowest BCUT2D eigenvalue weighted by Gasteiger charge is -2.04. The summed E-state index contributed by atoms with van der Waals surface area (Å²) in [6, 6.07) is 6.99. The van der Waals surface area contributed by atoms with Crippen molar-refractivity contribution >= 4 is 21.8 Å². The number of rotatable bonds is 6. The largest absolute Gasteiger partial charge is 0.352 e. The summed E-state index contributed by atoms with van der Waals surface area (Å²) in [7, 11) is 0. The van der Waals surface area contributed by atoms with Gasteiger partial charge in [0, 0.05) is 17.1 Å². The van der Waals surface area contributed by atoms with Crippen LogP contribution in [0, 0.1) is 11.8 Å². The maximum Gasteiger partial charge on any atom is 0.262 e. The van der Waals surface area contributed by atoms with Crippen LogP contribution in [0.4, 0.5) is 8.78 Å². The molecule has 0 heterocycles. The number of hydrogen-bond acceptors (Lipinski definition) is 1. The van der Waals surface area contributed by atoms with Crippen molar-refractivity contribution in [2.75, 3.05) is 6.54 Å². The molecule has 0 unspecified atom stereocenters. The standard InChI is InChI=1S/C19H22BrF2NO/c1-12(2)11-23-17(24)10-13(3)4-9-16-18(19(16,21)22)14-5-7-15(20)8-6-14/h4-10,12,16,18H,11H2,1-3H3,(H,23,24)/t16-,18-/m1/s1. The highest BCUT2D eigenvalue weighted by Crippen LogP contribution is 2.62. The van der Waals surface area contributed by atoms with Crippen LogP contribution in [-0.4, -0.2) is 18.4 Å². The van der Waals surface area contributed by atoms with Crippen molar-refractivity contribution in [3.05, 3.63) is 58.1 Å². The Labute approximate surface area is 150 Å². The molecule has 0 aromatic heterocycles. The van der Waals surface area contributed by atoms with E-state index in [2.05, 4.69) is 21.2 Å². The van der Waals surface area contributed by atoms with E-state index in [4.69, 9.17) is 0 Å². The number of carbonyl (C=O) groups is 1. The first-order chi connectivity index (χ1) is 11.2. The van der Waals surface area contributed by atoms with Crippen LogP contribution in [0.5, 0.6) is 0 Å². The Balaban J connectivity index is 1.98. The van der Waals surface area contributed by atoms with Gasteiger partial charge < -0.3 is 5.32 Å². The molecule has 5 heteroatoms. The summed E-state index contributed by atoms with van der Waals surface area (Å²) in [4.78, 5) is 11.7. The first kappa shape index (κ1) is 18.8. The second-order valence-corrected chi connectivity index (χ2v) is 7.53. The average molecular weight is 398 g/mol. The molecule has 1 aromatic carbocycles. The third-order valence-electron chi connectivity index (χ3n) is 3.95. The van der Waals surface area contributed by atoms with Gasteiger partial charge in [0.1, 0.15) is 0 Å². The molecule has 0 bridgehead atoms. The Bertz CT molecular complexity index is 650. The quantitative estimate of drug-likeness (QED) is 0.526. The van der Waals surface area contributed by atoms with Gasteiger partial charge in [0.25, 0.3) is 5.92 Å². The maximum absolute atomic E-state index is 14.0. The Hall–Kier alpha value is -1.49. The Morgan fingerprint density at radius 2 is 1.96 bits per heavy atom. The number of nitrogens with one attached hydrogen (secondary N) is 1. The van der Waals surface area contributed by atoms with Crippen LogP contribution in [0.3, 0.4) is 0 Å². The smallest absolute Gasteiger partial charge is 0.262 e. The van der Waals surface area contributed by atoms with Gasteiger partial charge in [-0.25, -0.2) is 8.78 Å². The topological polar surface area (TPSA) is 29.1 Å². The molecule has 1 N–H and O–H groups in total. The summed E-state index contributed by atoms with van der Waals surface area (Å²) in [5.41, 5.74) is 1.29. The van der Waals surface area contributed by atoms with E-state index in [0.29, 0.717) is 23.6 Å². The summed E-state index contributed by atoms with van der Waals surface area (Å²) < 4.78 is 28.9. The van der Waals surface area contributed by atoms with Gasteiger partial charge in [-0.2, -0.15) is 0 Å². The highest BCUT2D eigenvalue weighted by atomic mass is 79.9. The number of alkyl halides is 2. The lowest BCUT2D eigenvalue weighted by molar-refractivity contribution is -0.116. The molecule has 1 aliphatic carbocycles. The van der Waals surface area contributed by atoms with Crippen molar-refractivity contribution in [1.82, 2.24) is 5.32 Å². The second-order valence-electron chi connectivity index (χ2n) is 6.62. The normalized spacial score (nSPS) is 22.9. The molecule has 0 aliphatic heterocycles. The van der Waals surface area contributed by atoms with Crippen molar-refractivity contribution in [3.63, 3.8) is 0 Å². The monoisotopic (exact) mass is 397 g/mol. The summed E-state index contributed by atoms with van der Waals surface area (Å²) in [6.45, 7) is 6.35. The minimum atomic E-state index is -2.73. The SMILES string of the molecule is CC(C=C[C@@H]1[C@@H](c2ccc(Br)cc2)C1(F)F)=CC(=O)NCC(C)C. The predicted octanol–water partition coefficient (Wildman–Crippen LogP) is 5.07. The van der Waals surface area contributed by atoms with Crippen LogP contribution in [0.2, 0.25) is 0 Å². The molecule has 1 amide bonds. The van der Waals surface area contributed by atoms with Crippen LogP contribution in [-0.2, 0) is 4.79 Å². The maximum atomic E-state index is 14.0. The number of halogens is 3. The number of carbonyl (C=O) groups excluding carboxylic acids is 1. The van der Waals surface area contributed by atoms with E-state index in [1.807, 2.05) is 13.8 Å². The van der Waals surface area contributed by atoms with E-state index < -0.39 is 17.8 Å². The molecule has 0 spiro atoms. The van der Waals surface area contributed by atoms with Gasteiger partial charge in [-0.15, -0.1) is 0 Å². The minimum absolute atomic E-state index is 0.196. The first-order valence-electron chi connectivity index (χ1n) is 7.99. The number of benzene rings is 1. The van der Waals surface area contributed by atoms with E-state index in [0.717, 1.165) is 4.47 Å². The van der Waals surface area contributed by atoms with Crippen LogP contribution < -0.4 is 5.32 Å². The van der Waals surface area contributed by atoms with Crippen LogP contribution >= 0.6 is 15.9 Å². The molecule has 1 saturated carbocycles. The predicted molar refractivity (Wildman–Crippen MR) is 96.1 cm³/mol. The van der Waals surface area contributed by atoms with Gasteiger partial charge >= 0.3 is 0 Å². The zero-order valence-electron chi connectivity index (χ0n) is 14.0. The zero-order valence-corrected chi connectivity index (χ0v) is 15.6. The van der Waals surface area contributed by atoms with Crippen LogP contribution in [0.25, 0.3) is 0 Å². The fourth-order valence-corrected chi connectivity index (χ4v) is 2.82. The van der Waals surface area contributed by atoms with E-state index in [-0.39, 0.29) is 5.91 Å². The summed E-state index contributed by atoms with van der Waals surface area (Å²) >= 11 is 3.31. The van der Waals surface area contributed by atoms with E-state index in [1.54, 1.807) is 37.3 Å². The fourth-order valence-electron chi connectivity index (χ4n) is 2.56. The lowest BCUT2D eigenvalue weighted by Crippen LogP contribution is -2.25. The highest BCUT2D eigenvalue weighted by Gasteiger charge is 2.67. The summed E-state index contributed by atoms with van der Waals surface area (Å²) in [6.07, 6.45) is 4.55. The molecular weight excluding hydrogens is 376 g/mol. The lowest BCUT2D eigenvalue weighted by atomic mass is 10.1. The molecule has 0 saturated heterocycles. The van der Waals surface area contributed by atoms with Gasteiger partial charge in [-0.05, 0) is 36.1 Å². The first-order valence-corrected chi connectivity index (χ1v) is 8.78. The van der Waals surface area contributed by atoms with Gasteiger partial charge in [-0.3, -0.25) is 4.79 Å². The third-order valence-corrected chi connectivity index (χ3v) is 4.48. The minimum Gasteiger partial charge on any atom is -0.352 e. The molecule has 2 nitrogen and oxygen atoms in total. The summed E-state index contributed by atoms with van der Waals surface area (Å²) in [5, 5.41) is 2.77. The van der Waals surface area contributed by atoms with E-state index in [1.165, 1.54) is 12.2 Å². The average Bonchev–Trinajstić information content (AvgIpc) is 3.05. The third kappa shape index (κ3) is 4.76. The summed E-state index contributed by atoms with van der Waals surface area (Å²) in [5.74, 6) is -4.16. The van der Waals surface area contributed by atoms with Gasteiger partial charge in [0.05, 0.1) is 11.8 Å². The highest BCUT2D eigenvalue weighted by molar-refractivity contribution is 9.10.